The lowest BCUT2D eigenvalue weighted by Crippen LogP contribution is -2.11. The molecule has 1 aromatic carbocycles. The molecule has 96 valence electrons. The predicted octanol–water partition coefficient (Wildman–Crippen LogP) is 4.56. The van der Waals surface area contributed by atoms with E-state index in [2.05, 4.69) is 0 Å². The fourth-order valence-electron chi connectivity index (χ4n) is 1.24. The molecule has 1 aromatic rings. The lowest BCUT2D eigenvalue weighted by atomic mass is 10.1. The second-order valence-corrected chi connectivity index (χ2v) is 6.23. The second-order valence-electron chi connectivity index (χ2n) is 3.47. The van der Waals surface area contributed by atoms with Gasteiger partial charge in [-0.2, -0.15) is 13.2 Å². The van der Waals surface area contributed by atoms with Gasteiger partial charge in [-0.1, -0.05) is 34.7 Å². The predicted molar refractivity (Wildman–Crippen MR) is 70.0 cm³/mol. The van der Waals surface area contributed by atoms with Crippen molar-refractivity contribution in [1.29, 1.82) is 0 Å². The molecule has 0 radical (unpaired) electrons. The monoisotopic (exact) mass is 378 g/mol. The standard InChI is InChI=1S/C11H11ClF3IO/c12-10(16)4-5-17-9-3-1-2-8(6-9)7-11(13,14)15/h1-3,6,10H,4-5,7H2. The molecule has 0 amide bonds. The summed E-state index contributed by atoms with van der Waals surface area (Å²) in [5.74, 6) is 0.445. The van der Waals surface area contributed by atoms with Gasteiger partial charge in [-0.25, -0.2) is 0 Å². The Balaban J connectivity index is 2.54. The molecule has 1 atom stereocenters. The maximum Gasteiger partial charge on any atom is 0.393 e. The van der Waals surface area contributed by atoms with E-state index in [1.165, 1.54) is 12.1 Å². The lowest BCUT2D eigenvalue weighted by Gasteiger charge is -2.10. The quantitative estimate of drug-likeness (QED) is 0.539. The van der Waals surface area contributed by atoms with Crippen LogP contribution in [0.25, 0.3) is 0 Å². The van der Waals surface area contributed by atoms with Gasteiger partial charge in [-0.15, -0.1) is 11.6 Å². The zero-order chi connectivity index (χ0) is 12.9. The third-order valence-electron chi connectivity index (χ3n) is 1.91. The van der Waals surface area contributed by atoms with Gasteiger partial charge >= 0.3 is 6.18 Å². The molecule has 0 bridgehead atoms. The van der Waals surface area contributed by atoms with Gasteiger partial charge in [-0.05, 0) is 17.7 Å². The summed E-state index contributed by atoms with van der Waals surface area (Å²) in [6, 6.07) is 6.03. The van der Waals surface area contributed by atoms with Crippen molar-refractivity contribution < 1.29 is 17.9 Å². The Morgan fingerprint density at radius 1 is 1.35 bits per heavy atom. The van der Waals surface area contributed by atoms with Crippen LogP contribution in [0.15, 0.2) is 24.3 Å². The Morgan fingerprint density at radius 3 is 2.65 bits per heavy atom. The Bertz CT molecular complexity index is 355. The maximum atomic E-state index is 12.2. The van der Waals surface area contributed by atoms with Crippen molar-refractivity contribution >= 4 is 34.2 Å². The summed E-state index contributed by atoms with van der Waals surface area (Å²) >= 11 is 7.77. The highest BCUT2D eigenvalue weighted by atomic mass is 127. The van der Waals surface area contributed by atoms with Crippen LogP contribution in [-0.2, 0) is 6.42 Å². The third kappa shape index (κ3) is 6.98. The fourth-order valence-corrected chi connectivity index (χ4v) is 1.59. The highest BCUT2D eigenvalue weighted by molar-refractivity contribution is 14.1. The average molecular weight is 379 g/mol. The molecule has 0 aromatic heterocycles. The zero-order valence-corrected chi connectivity index (χ0v) is 11.7. The van der Waals surface area contributed by atoms with E-state index >= 15 is 0 Å². The average Bonchev–Trinajstić information content (AvgIpc) is 2.14. The van der Waals surface area contributed by atoms with E-state index < -0.39 is 12.6 Å². The molecule has 0 heterocycles. The highest BCUT2D eigenvalue weighted by Gasteiger charge is 2.27. The van der Waals surface area contributed by atoms with Gasteiger partial charge in [-0.3, -0.25) is 0 Å². The number of alkyl halides is 5. The van der Waals surface area contributed by atoms with Gasteiger partial charge in [0.05, 0.1) is 16.4 Å². The molecule has 0 saturated carbocycles. The third-order valence-corrected chi connectivity index (χ3v) is 2.75. The van der Waals surface area contributed by atoms with Crippen LogP contribution in [-0.4, -0.2) is 16.2 Å². The minimum absolute atomic E-state index is 0.0362. The SMILES string of the molecule is FC(F)(F)Cc1cccc(OCCC(Cl)I)c1. The van der Waals surface area contributed by atoms with E-state index in [-0.39, 0.29) is 8.95 Å². The molecule has 0 saturated heterocycles. The first-order valence-corrected chi connectivity index (χ1v) is 6.61. The summed E-state index contributed by atoms with van der Waals surface area (Å²) in [4.78, 5) is 0. The van der Waals surface area contributed by atoms with E-state index in [1.54, 1.807) is 12.1 Å². The van der Waals surface area contributed by atoms with Crippen molar-refractivity contribution in [2.45, 2.75) is 22.4 Å². The van der Waals surface area contributed by atoms with E-state index in [1.807, 2.05) is 22.6 Å². The van der Waals surface area contributed by atoms with E-state index in [4.69, 9.17) is 16.3 Å². The lowest BCUT2D eigenvalue weighted by molar-refractivity contribution is -0.127. The summed E-state index contributed by atoms with van der Waals surface area (Å²) in [7, 11) is 0. The van der Waals surface area contributed by atoms with E-state index in [0.29, 0.717) is 18.8 Å². The van der Waals surface area contributed by atoms with Crippen LogP contribution < -0.4 is 4.74 Å². The second kappa shape index (κ2) is 6.68. The molecule has 0 fully saturated rings. The van der Waals surface area contributed by atoms with Crippen molar-refractivity contribution in [3.63, 3.8) is 0 Å². The summed E-state index contributed by atoms with van der Waals surface area (Å²) in [5, 5.41) is 0. The van der Waals surface area contributed by atoms with Gasteiger partial charge in [0.2, 0.25) is 0 Å². The van der Waals surface area contributed by atoms with Crippen molar-refractivity contribution in [3.8, 4) is 5.75 Å². The number of benzene rings is 1. The van der Waals surface area contributed by atoms with Crippen molar-refractivity contribution in [1.82, 2.24) is 0 Å². The normalized spacial score (nSPS) is 13.5. The molecule has 0 aliphatic carbocycles. The topological polar surface area (TPSA) is 9.23 Å². The minimum atomic E-state index is -4.19. The highest BCUT2D eigenvalue weighted by Crippen LogP contribution is 2.23. The van der Waals surface area contributed by atoms with Crippen LogP contribution in [0.4, 0.5) is 13.2 Å². The molecular formula is C11H11ClF3IO. The summed E-state index contributed by atoms with van der Waals surface area (Å²) < 4.78 is 41.8. The summed E-state index contributed by atoms with van der Waals surface area (Å²) in [5.41, 5.74) is 0.201. The molecule has 0 aliphatic heterocycles. The summed E-state index contributed by atoms with van der Waals surface area (Å²) in [6.45, 7) is 0.395. The van der Waals surface area contributed by atoms with Crippen LogP contribution in [0.2, 0.25) is 0 Å². The first kappa shape index (κ1) is 14.9. The van der Waals surface area contributed by atoms with Crippen molar-refractivity contribution in [2.24, 2.45) is 0 Å². The fraction of sp³-hybridized carbons (Fsp3) is 0.455. The minimum Gasteiger partial charge on any atom is -0.494 e. The van der Waals surface area contributed by atoms with Gasteiger partial charge < -0.3 is 4.74 Å². The van der Waals surface area contributed by atoms with Crippen LogP contribution in [0.5, 0.6) is 5.75 Å². The number of ether oxygens (including phenoxy) is 1. The number of rotatable bonds is 5. The Labute approximate surface area is 116 Å². The largest absolute Gasteiger partial charge is 0.494 e. The van der Waals surface area contributed by atoms with E-state index in [9.17, 15) is 13.2 Å². The summed E-state index contributed by atoms with van der Waals surface area (Å²) in [6.07, 6.45) is -4.48. The molecule has 0 N–H and O–H groups in total. The van der Waals surface area contributed by atoms with Gasteiger partial charge in [0, 0.05) is 6.42 Å². The van der Waals surface area contributed by atoms with Crippen LogP contribution >= 0.6 is 34.2 Å². The smallest absolute Gasteiger partial charge is 0.393 e. The van der Waals surface area contributed by atoms with Crippen LogP contribution in [0.1, 0.15) is 12.0 Å². The molecular weight excluding hydrogens is 367 g/mol. The number of hydrogen-bond donors (Lipinski definition) is 0. The number of halogens is 5. The maximum absolute atomic E-state index is 12.2. The first-order valence-electron chi connectivity index (χ1n) is 4.93. The van der Waals surface area contributed by atoms with Gasteiger partial charge in [0.25, 0.3) is 0 Å². The van der Waals surface area contributed by atoms with Gasteiger partial charge in [0.1, 0.15) is 5.75 Å². The van der Waals surface area contributed by atoms with Crippen molar-refractivity contribution in [3.05, 3.63) is 29.8 Å². The Kier molecular flexibility index (Phi) is 5.85. The zero-order valence-electron chi connectivity index (χ0n) is 8.81. The molecule has 6 heteroatoms. The Hall–Kier alpha value is -0.170. The van der Waals surface area contributed by atoms with Crippen molar-refractivity contribution in [2.75, 3.05) is 6.61 Å². The molecule has 1 unspecified atom stereocenters. The van der Waals surface area contributed by atoms with E-state index in [0.717, 1.165) is 0 Å². The molecule has 17 heavy (non-hydrogen) atoms. The Morgan fingerprint density at radius 2 is 2.06 bits per heavy atom. The molecule has 0 aliphatic rings. The molecule has 1 nitrogen and oxygen atoms in total. The first-order chi connectivity index (χ1) is 7.87. The van der Waals surface area contributed by atoms with Crippen LogP contribution in [0, 0.1) is 0 Å². The van der Waals surface area contributed by atoms with Crippen LogP contribution in [0.3, 0.4) is 0 Å². The van der Waals surface area contributed by atoms with Gasteiger partial charge in [0.15, 0.2) is 0 Å². The number of hydrogen-bond acceptors (Lipinski definition) is 1. The molecule has 0 spiro atoms. The molecule has 1 rings (SSSR count).